The van der Waals surface area contributed by atoms with Crippen molar-refractivity contribution in [2.24, 2.45) is 0 Å². The lowest BCUT2D eigenvalue weighted by Gasteiger charge is -2.35. The fraction of sp³-hybridized carbons (Fsp3) is 0.625. The number of anilines is 1. The van der Waals surface area contributed by atoms with E-state index < -0.39 is 0 Å². The summed E-state index contributed by atoms with van der Waals surface area (Å²) in [4.78, 5) is 2.42. The van der Waals surface area contributed by atoms with Crippen molar-refractivity contribution in [2.45, 2.75) is 45.4 Å². The number of hydrogen-bond donors (Lipinski definition) is 1. The van der Waals surface area contributed by atoms with Crippen molar-refractivity contribution < 1.29 is 4.74 Å². The number of nitrogens with zero attached hydrogens (tertiary/aromatic N) is 1. The molecule has 0 radical (unpaired) electrons. The van der Waals surface area contributed by atoms with Crippen LogP contribution >= 0.6 is 11.6 Å². The van der Waals surface area contributed by atoms with E-state index in [4.69, 9.17) is 16.3 Å². The van der Waals surface area contributed by atoms with Gasteiger partial charge >= 0.3 is 0 Å². The zero-order valence-corrected chi connectivity index (χ0v) is 13.4. The largest absolute Gasteiger partial charge is 0.380 e. The molecule has 1 N–H and O–H groups in total. The first-order valence-corrected chi connectivity index (χ1v) is 7.77. The fourth-order valence-electron chi connectivity index (χ4n) is 2.67. The third-order valence-electron chi connectivity index (χ3n) is 3.79. The maximum atomic E-state index is 6.16. The maximum absolute atomic E-state index is 6.16. The molecule has 0 saturated carbocycles. The summed E-state index contributed by atoms with van der Waals surface area (Å²) in [6, 6.07) is 6.65. The molecule has 1 unspecified atom stereocenters. The molecule has 1 heterocycles. The van der Waals surface area contributed by atoms with E-state index in [2.05, 4.69) is 36.2 Å². The molecule has 0 spiro atoms. The lowest BCUT2D eigenvalue weighted by Crippen LogP contribution is -2.40. The number of halogens is 1. The van der Waals surface area contributed by atoms with E-state index in [1.807, 2.05) is 6.07 Å². The Bertz CT molecular complexity index is 436. The number of methoxy groups -OCH3 is 1. The van der Waals surface area contributed by atoms with Gasteiger partial charge in [-0.25, -0.2) is 0 Å². The van der Waals surface area contributed by atoms with E-state index in [0.29, 0.717) is 12.1 Å². The Balaban J connectivity index is 2.16. The van der Waals surface area contributed by atoms with Crippen molar-refractivity contribution in [1.82, 2.24) is 5.32 Å². The van der Waals surface area contributed by atoms with Gasteiger partial charge in [-0.3, -0.25) is 0 Å². The zero-order valence-electron chi connectivity index (χ0n) is 12.7. The van der Waals surface area contributed by atoms with Crippen LogP contribution in [0, 0.1) is 0 Å². The normalized spacial score (nSPS) is 19.6. The molecule has 1 aliphatic heterocycles. The smallest absolute Gasteiger partial charge is 0.0746 e. The van der Waals surface area contributed by atoms with Crippen molar-refractivity contribution >= 4 is 17.3 Å². The van der Waals surface area contributed by atoms with Gasteiger partial charge in [0, 0.05) is 43.5 Å². The van der Waals surface area contributed by atoms with Gasteiger partial charge in [-0.05, 0) is 36.6 Å². The Morgan fingerprint density at radius 1 is 1.45 bits per heavy atom. The molecule has 20 heavy (non-hydrogen) atoms. The van der Waals surface area contributed by atoms with Crippen LogP contribution in [0.4, 0.5) is 5.69 Å². The lowest BCUT2D eigenvalue weighted by molar-refractivity contribution is 0.0893. The van der Waals surface area contributed by atoms with Crippen molar-refractivity contribution in [2.75, 3.05) is 25.1 Å². The molecule has 1 aromatic rings. The van der Waals surface area contributed by atoms with E-state index in [1.54, 1.807) is 7.11 Å². The minimum Gasteiger partial charge on any atom is -0.380 e. The number of ether oxygens (including phenoxy) is 1. The zero-order chi connectivity index (χ0) is 14.5. The molecule has 3 nitrogen and oxygen atoms in total. The van der Waals surface area contributed by atoms with Crippen LogP contribution in [0.15, 0.2) is 18.2 Å². The SMILES string of the molecule is COC1CCCN(c2ccc(Cl)cc2CNC(C)C)C1. The first-order valence-electron chi connectivity index (χ1n) is 7.39. The number of benzene rings is 1. The molecule has 1 fully saturated rings. The Kier molecular flexibility index (Phi) is 5.70. The van der Waals surface area contributed by atoms with Crippen LogP contribution in [0.5, 0.6) is 0 Å². The third kappa shape index (κ3) is 4.11. The van der Waals surface area contributed by atoms with Gasteiger partial charge in [0.2, 0.25) is 0 Å². The Labute approximate surface area is 127 Å². The molecule has 1 atom stereocenters. The number of nitrogens with one attached hydrogen (secondary N) is 1. The van der Waals surface area contributed by atoms with Crippen molar-refractivity contribution in [3.05, 3.63) is 28.8 Å². The summed E-state index contributed by atoms with van der Waals surface area (Å²) in [6.45, 7) is 7.23. The van der Waals surface area contributed by atoms with Gasteiger partial charge in [0.1, 0.15) is 0 Å². The van der Waals surface area contributed by atoms with Crippen LogP contribution in [0.25, 0.3) is 0 Å². The lowest BCUT2D eigenvalue weighted by atomic mass is 10.0. The van der Waals surface area contributed by atoms with Gasteiger partial charge in [0.15, 0.2) is 0 Å². The molecule has 1 saturated heterocycles. The quantitative estimate of drug-likeness (QED) is 0.901. The van der Waals surface area contributed by atoms with E-state index in [0.717, 1.165) is 31.1 Å². The molecular formula is C16H25ClN2O. The average Bonchev–Trinajstić information content (AvgIpc) is 2.45. The summed E-state index contributed by atoms with van der Waals surface area (Å²) in [5.74, 6) is 0. The second-order valence-electron chi connectivity index (χ2n) is 5.75. The van der Waals surface area contributed by atoms with Crippen LogP contribution in [0.2, 0.25) is 5.02 Å². The van der Waals surface area contributed by atoms with E-state index >= 15 is 0 Å². The van der Waals surface area contributed by atoms with Crippen LogP contribution in [0.1, 0.15) is 32.3 Å². The second kappa shape index (κ2) is 7.30. The molecule has 0 aromatic heterocycles. The fourth-order valence-corrected chi connectivity index (χ4v) is 2.86. The highest BCUT2D eigenvalue weighted by Gasteiger charge is 2.21. The first-order chi connectivity index (χ1) is 9.60. The van der Waals surface area contributed by atoms with Gasteiger partial charge < -0.3 is 15.0 Å². The molecule has 0 bridgehead atoms. The molecule has 112 valence electrons. The van der Waals surface area contributed by atoms with E-state index in [-0.39, 0.29) is 0 Å². The molecule has 1 aromatic carbocycles. The monoisotopic (exact) mass is 296 g/mol. The number of piperidine rings is 1. The summed E-state index contributed by atoms with van der Waals surface area (Å²) in [7, 11) is 1.80. The predicted molar refractivity (Wildman–Crippen MR) is 85.7 cm³/mol. The topological polar surface area (TPSA) is 24.5 Å². The number of rotatable bonds is 5. The summed E-state index contributed by atoms with van der Waals surface area (Å²) < 4.78 is 5.52. The molecule has 1 aliphatic rings. The first kappa shape index (κ1) is 15.6. The number of hydrogen-bond acceptors (Lipinski definition) is 3. The van der Waals surface area contributed by atoms with Gasteiger partial charge in [0.25, 0.3) is 0 Å². The minimum absolute atomic E-state index is 0.338. The Hall–Kier alpha value is -0.770. The minimum atomic E-state index is 0.338. The highest BCUT2D eigenvalue weighted by Crippen LogP contribution is 2.27. The predicted octanol–water partition coefficient (Wildman–Crippen LogP) is 3.45. The Morgan fingerprint density at radius 2 is 2.25 bits per heavy atom. The molecule has 4 heteroatoms. The van der Waals surface area contributed by atoms with Gasteiger partial charge in [-0.2, -0.15) is 0 Å². The van der Waals surface area contributed by atoms with Crippen LogP contribution in [-0.2, 0) is 11.3 Å². The molecule has 2 rings (SSSR count). The Morgan fingerprint density at radius 3 is 2.95 bits per heavy atom. The molecule has 0 amide bonds. The standard InChI is InChI=1S/C16H25ClN2O/c1-12(2)18-10-13-9-14(17)6-7-16(13)19-8-4-5-15(11-19)20-3/h6-7,9,12,15,18H,4-5,8,10-11H2,1-3H3. The van der Waals surface area contributed by atoms with E-state index in [9.17, 15) is 0 Å². The van der Waals surface area contributed by atoms with Gasteiger partial charge in [-0.1, -0.05) is 25.4 Å². The second-order valence-corrected chi connectivity index (χ2v) is 6.19. The van der Waals surface area contributed by atoms with Crippen LogP contribution in [0.3, 0.4) is 0 Å². The molecule has 0 aliphatic carbocycles. The maximum Gasteiger partial charge on any atom is 0.0746 e. The van der Waals surface area contributed by atoms with Crippen molar-refractivity contribution in [3.8, 4) is 0 Å². The van der Waals surface area contributed by atoms with E-state index in [1.165, 1.54) is 17.7 Å². The summed E-state index contributed by atoms with van der Waals surface area (Å²) >= 11 is 6.16. The summed E-state index contributed by atoms with van der Waals surface area (Å²) in [5.41, 5.74) is 2.55. The average molecular weight is 297 g/mol. The van der Waals surface area contributed by atoms with Crippen LogP contribution < -0.4 is 10.2 Å². The molecular weight excluding hydrogens is 272 g/mol. The summed E-state index contributed by atoms with van der Waals surface area (Å²) in [6.07, 6.45) is 2.67. The van der Waals surface area contributed by atoms with Gasteiger partial charge in [0.05, 0.1) is 6.10 Å². The van der Waals surface area contributed by atoms with Crippen molar-refractivity contribution in [1.29, 1.82) is 0 Å². The van der Waals surface area contributed by atoms with Crippen LogP contribution in [-0.4, -0.2) is 32.3 Å². The highest BCUT2D eigenvalue weighted by molar-refractivity contribution is 6.30. The highest BCUT2D eigenvalue weighted by atomic mass is 35.5. The van der Waals surface area contributed by atoms with Crippen molar-refractivity contribution in [3.63, 3.8) is 0 Å². The summed E-state index contributed by atoms with van der Waals surface area (Å²) in [5, 5.41) is 4.28. The van der Waals surface area contributed by atoms with Gasteiger partial charge in [-0.15, -0.1) is 0 Å². The third-order valence-corrected chi connectivity index (χ3v) is 4.03.